The molecular formula is C36H48ClN3O6S. The van der Waals surface area contributed by atoms with Gasteiger partial charge in [-0.1, -0.05) is 36.7 Å². The number of rotatable bonds is 4. The molecule has 1 spiro atoms. The van der Waals surface area contributed by atoms with Crippen molar-refractivity contribution in [2.75, 3.05) is 52.4 Å². The number of carbonyl (C=O) groups is 1. The average molecular weight is 686 g/mol. The van der Waals surface area contributed by atoms with Crippen LogP contribution in [0, 0.1) is 17.8 Å². The second kappa shape index (κ2) is 13.3. The Labute approximate surface area is 284 Å². The lowest BCUT2D eigenvalue weighted by Gasteiger charge is -2.51. The minimum Gasteiger partial charge on any atom is -0.490 e. The summed E-state index contributed by atoms with van der Waals surface area (Å²) in [6, 6.07) is 11.5. The summed E-state index contributed by atoms with van der Waals surface area (Å²) in [4.78, 5) is 21.5. The van der Waals surface area contributed by atoms with Gasteiger partial charge < -0.3 is 19.2 Å². The Morgan fingerprint density at radius 1 is 1.15 bits per heavy atom. The van der Waals surface area contributed by atoms with E-state index >= 15 is 0 Å². The molecule has 9 nitrogen and oxygen atoms in total. The second-order valence-electron chi connectivity index (χ2n) is 14.2. The number of halogens is 1. The first-order valence-corrected chi connectivity index (χ1v) is 18.7. The van der Waals surface area contributed by atoms with Crippen LogP contribution in [0.15, 0.2) is 48.6 Å². The summed E-state index contributed by atoms with van der Waals surface area (Å²) in [5.74, 6) is 0.310. The smallest absolute Gasteiger partial charge is 0.264 e. The summed E-state index contributed by atoms with van der Waals surface area (Å²) in [5.41, 5.74) is 2.70. The van der Waals surface area contributed by atoms with Crippen molar-refractivity contribution in [1.82, 2.24) is 9.79 Å². The average Bonchev–Trinajstić information content (AvgIpc) is 3.18. The molecule has 11 heteroatoms. The van der Waals surface area contributed by atoms with E-state index in [1.54, 1.807) is 38.3 Å². The van der Waals surface area contributed by atoms with Gasteiger partial charge in [0, 0.05) is 43.2 Å². The Bertz CT molecular complexity index is 1630. The molecule has 0 radical (unpaired) electrons. The van der Waals surface area contributed by atoms with E-state index in [4.69, 9.17) is 25.9 Å². The first-order chi connectivity index (χ1) is 22.4. The lowest BCUT2D eigenvalue weighted by Crippen LogP contribution is -2.56. The van der Waals surface area contributed by atoms with Crippen LogP contribution in [0.1, 0.15) is 67.4 Å². The molecule has 6 rings (SSSR count). The topological polar surface area (TPSA) is 97.4 Å². The quantitative estimate of drug-likeness (QED) is 0.321. The molecule has 256 valence electrons. The maximum atomic E-state index is 13.5. The first-order valence-electron chi connectivity index (χ1n) is 16.7. The van der Waals surface area contributed by atoms with Crippen LogP contribution in [-0.4, -0.2) is 77.7 Å². The van der Waals surface area contributed by atoms with Gasteiger partial charge in [0.2, 0.25) is 10.0 Å². The van der Waals surface area contributed by atoms with E-state index in [0.717, 1.165) is 49.4 Å². The van der Waals surface area contributed by atoms with Crippen molar-refractivity contribution in [1.29, 1.82) is 0 Å². The summed E-state index contributed by atoms with van der Waals surface area (Å²) in [7, 11) is 1.37. The molecule has 2 aliphatic carbocycles. The van der Waals surface area contributed by atoms with Gasteiger partial charge in [-0.05, 0) is 105 Å². The number of hydrogen-bond acceptors (Lipinski definition) is 8. The van der Waals surface area contributed by atoms with Crippen molar-refractivity contribution >= 4 is 33.2 Å². The number of carbonyl (C=O) groups excluding carboxylic acids is 1. The number of fused-ring (bicyclic) bond motifs is 4. The third-order valence-electron chi connectivity index (χ3n) is 11.4. The number of allylic oxidation sites excluding steroid dienone is 1. The molecule has 1 fully saturated rings. The Morgan fingerprint density at radius 2 is 1.96 bits per heavy atom. The van der Waals surface area contributed by atoms with Crippen LogP contribution in [-0.2, 0) is 31.4 Å². The van der Waals surface area contributed by atoms with Crippen molar-refractivity contribution in [3.63, 3.8) is 0 Å². The number of methoxy groups -OCH3 is 1. The van der Waals surface area contributed by atoms with E-state index in [9.17, 15) is 13.2 Å². The van der Waals surface area contributed by atoms with Gasteiger partial charge in [0.15, 0.2) is 0 Å². The van der Waals surface area contributed by atoms with Gasteiger partial charge in [-0.15, -0.1) is 0 Å². The van der Waals surface area contributed by atoms with Crippen LogP contribution in [0.25, 0.3) is 0 Å². The van der Waals surface area contributed by atoms with E-state index in [0.29, 0.717) is 37.8 Å². The summed E-state index contributed by atoms with van der Waals surface area (Å²) in [6.07, 6.45) is 9.68. The van der Waals surface area contributed by atoms with E-state index < -0.39 is 26.8 Å². The molecule has 2 aliphatic heterocycles. The highest BCUT2D eigenvalue weighted by Gasteiger charge is 2.49. The molecule has 4 aliphatic rings. The number of hydrogen-bond donors (Lipinski definition) is 1. The Morgan fingerprint density at radius 3 is 2.68 bits per heavy atom. The van der Waals surface area contributed by atoms with Crippen LogP contribution in [0.4, 0.5) is 5.69 Å². The first kappa shape index (κ1) is 34.2. The summed E-state index contributed by atoms with van der Waals surface area (Å²) in [5, 5.41) is 1.74. The number of aryl methyl sites for hydroxylation is 1. The molecule has 0 saturated heterocycles. The highest BCUT2D eigenvalue weighted by molar-refractivity contribution is 7.90. The van der Waals surface area contributed by atoms with E-state index in [1.165, 1.54) is 11.1 Å². The normalized spacial score (nSPS) is 32.7. The second-order valence-corrected chi connectivity index (χ2v) is 16.6. The zero-order valence-electron chi connectivity index (χ0n) is 28.1. The number of nitrogens with zero attached hydrogens (tertiary/aromatic N) is 2. The van der Waals surface area contributed by atoms with Gasteiger partial charge in [0.1, 0.15) is 11.4 Å². The largest absolute Gasteiger partial charge is 0.490 e. The zero-order chi connectivity index (χ0) is 33.6. The van der Waals surface area contributed by atoms with Crippen molar-refractivity contribution in [2.24, 2.45) is 17.8 Å². The third kappa shape index (κ3) is 6.56. The minimum absolute atomic E-state index is 0.193. The molecule has 6 atom stereocenters. The maximum Gasteiger partial charge on any atom is 0.264 e. The van der Waals surface area contributed by atoms with Gasteiger partial charge in [0.05, 0.1) is 31.2 Å². The highest BCUT2D eigenvalue weighted by atomic mass is 35.5. The van der Waals surface area contributed by atoms with E-state index in [-0.39, 0.29) is 22.8 Å². The molecular weight excluding hydrogens is 638 g/mol. The van der Waals surface area contributed by atoms with Crippen LogP contribution < -0.4 is 14.4 Å². The molecule has 2 aromatic rings. The number of hydroxylamine groups is 2. The van der Waals surface area contributed by atoms with E-state index in [1.807, 2.05) is 32.2 Å². The molecule has 1 saturated carbocycles. The molecule has 0 aromatic heterocycles. The van der Waals surface area contributed by atoms with Crippen LogP contribution >= 0.6 is 11.6 Å². The molecule has 47 heavy (non-hydrogen) atoms. The lowest BCUT2D eigenvalue weighted by molar-refractivity contribution is -0.173. The monoisotopic (exact) mass is 685 g/mol. The van der Waals surface area contributed by atoms with Crippen molar-refractivity contribution in [3.05, 3.63) is 70.3 Å². The maximum absolute atomic E-state index is 13.5. The molecule has 2 heterocycles. The fourth-order valence-corrected chi connectivity index (χ4v) is 9.70. The Kier molecular flexibility index (Phi) is 9.73. The number of amides is 1. The number of anilines is 1. The molecule has 1 N–H and O–H groups in total. The number of likely N-dealkylation sites (N-methyl/N-ethyl adjacent to an activating group) is 1. The van der Waals surface area contributed by atoms with Crippen LogP contribution in [0.3, 0.4) is 0 Å². The summed E-state index contributed by atoms with van der Waals surface area (Å²) in [6.45, 7) is 6.01. The predicted molar refractivity (Wildman–Crippen MR) is 185 cm³/mol. The Hall–Kier alpha value is -2.63. The molecule has 0 unspecified atom stereocenters. The van der Waals surface area contributed by atoms with Gasteiger partial charge in [0.25, 0.3) is 5.91 Å². The fraction of sp³-hybridized carbons (Fsp3) is 0.583. The van der Waals surface area contributed by atoms with Crippen molar-refractivity contribution < 1.29 is 27.5 Å². The number of ether oxygens (including phenoxy) is 2. The van der Waals surface area contributed by atoms with Gasteiger partial charge >= 0.3 is 0 Å². The standard InChI is InChI=1S/C36H48ClN3O6S/c1-24-8-6-17-36(44-4,22-39(3)45-5)31-13-10-28(31)20-40-21-35(16-7-9-26-18-29(37)12-14-30(26)35)23-46-33-15-11-27(19-32(33)40)34(41)38-47(42,43)25(24)2/h6,11-12,14-15,17-19,24-25,28,31H,7-10,13,16,20-23H2,1-5H3,(H,38,41)/b17-6+/t24-,25+,28-,31+,35-,36+/m0/s1. The summed E-state index contributed by atoms with van der Waals surface area (Å²) < 4.78 is 42.3. The highest BCUT2D eigenvalue weighted by Crippen LogP contribution is 2.49. The van der Waals surface area contributed by atoms with Gasteiger partial charge in [-0.3, -0.25) is 4.79 Å². The van der Waals surface area contributed by atoms with Crippen molar-refractivity contribution in [2.45, 2.75) is 68.6 Å². The SMILES string of the molecule is CON(C)C[C@]1(OC)/C=C/C[C@H](C)[C@@H](C)S(=O)(=O)NC(=O)c2ccc3c(c2)N(C[C@@H]2CC[C@H]21)C[C@@]1(CCCc2cc(Cl)ccc21)CO3. The number of nitrogens with one attached hydrogen (secondary N) is 1. The van der Waals surface area contributed by atoms with Gasteiger partial charge in [-0.2, -0.15) is 5.06 Å². The summed E-state index contributed by atoms with van der Waals surface area (Å²) >= 11 is 6.45. The molecule has 2 aromatic carbocycles. The minimum atomic E-state index is -3.95. The van der Waals surface area contributed by atoms with E-state index in [2.05, 4.69) is 27.8 Å². The molecule has 2 bridgehead atoms. The number of sulfonamides is 1. The predicted octanol–water partition coefficient (Wildman–Crippen LogP) is 5.76. The lowest BCUT2D eigenvalue weighted by atomic mass is 9.63. The Balaban J connectivity index is 1.46. The number of benzene rings is 2. The zero-order valence-corrected chi connectivity index (χ0v) is 29.7. The van der Waals surface area contributed by atoms with Crippen LogP contribution in [0.5, 0.6) is 5.75 Å². The van der Waals surface area contributed by atoms with Crippen molar-refractivity contribution in [3.8, 4) is 5.75 Å². The van der Waals surface area contributed by atoms with Gasteiger partial charge in [-0.25, -0.2) is 13.1 Å². The fourth-order valence-electron chi connectivity index (χ4n) is 8.22. The molecule has 1 amide bonds. The van der Waals surface area contributed by atoms with Crippen LogP contribution in [0.2, 0.25) is 5.02 Å². The third-order valence-corrected chi connectivity index (χ3v) is 13.5.